The second-order valence-electron chi connectivity index (χ2n) is 10.5. The maximum Gasteiger partial charge on any atom is 0.335 e. The van der Waals surface area contributed by atoms with Crippen molar-refractivity contribution in [2.24, 2.45) is 0 Å². The number of carboxylic acid groups (broad SMARTS) is 1. The molecule has 12 heteroatoms. The van der Waals surface area contributed by atoms with Crippen LogP contribution in [-0.4, -0.2) is 48.3 Å². The fourth-order valence-corrected chi connectivity index (χ4v) is 5.99. The zero-order chi connectivity index (χ0) is 30.9. The van der Waals surface area contributed by atoms with Crippen LogP contribution in [0, 0.1) is 11.6 Å². The minimum atomic E-state index is -1.06. The smallest absolute Gasteiger partial charge is 0.335 e. The van der Waals surface area contributed by atoms with Gasteiger partial charge in [-0.25, -0.2) is 28.5 Å². The average Bonchev–Trinajstić information content (AvgIpc) is 3.64. The van der Waals surface area contributed by atoms with E-state index in [0.29, 0.717) is 30.0 Å². The highest BCUT2D eigenvalue weighted by atomic mass is 32.1. The Morgan fingerprint density at radius 3 is 2.73 bits per heavy atom. The summed E-state index contributed by atoms with van der Waals surface area (Å²) in [5.74, 6) is -1.58. The monoisotopic (exact) mass is 625 g/mol. The Morgan fingerprint density at radius 2 is 1.96 bits per heavy atom. The first-order valence-electron chi connectivity index (χ1n) is 14.2. The molecule has 1 aliphatic rings. The van der Waals surface area contributed by atoms with Crippen LogP contribution in [0.2, 0.25) is 0 Å². The Balaban J connectivity index is 1.11. The Morgan fingerprint density at radius 1 is 1.07 bits per heavy atom. The van der Waals surface area contributed by atoms with Crippen molar-refractivity contribution in [1.29, 1.82) is 0 Å². The van der Waals surface area contributed by atoms with Crippen molar-refractivity contribution >= 4 is 28.3 Å². The van der Waals surface area contributed by atoms with Crippen LogP contribution in [-0.2, 0) is 24.3 Å². The third kappa shape index (κ3) is 6.02. The Labute approximate surface area is 259 Å². The summed E-state index contributed by atoms with van der Waals surface area (Å²) in [5.41, 5.74) is 2.58. The number of carboxylic acids is 1. The normalized spacial score (nSPS) is 14.4. The van der Waals surface area contributed by atoms with Crippen LogP contribution < -0.4 is 4.74 Å². The zero-order valence-electron chi connectivity index (χ0n) is 23.7. The molecule has 5 heterocycles. The Kier molecular flexibility index (Phi) is 7.74. The van der Waals surface area contributed by atoms with Gasteiger partial charge >= 0.3 is 5.97 Å². The molecule has 1 N–H and O–H groups in total. The van der Waals surface area contributed by atoms with Crippen LogP contribution >= 0.6 is 11.3 Å². The molecule has 226 valence electrons. The van der Waals surface area contributed by atoms with Crippen LogP contribution in [0.15, 0.2) is 79.3 Å². The number of ether oxygens (including phenoxy) is 2. The molecular formula is C33H25F2N5O4S. The third-order valence-corrected chi connectivity index (χ3v) is 8.60. The van der Waals surface area contributed by atoms with Crippen molar-refractivity contribution in [3.63, 3.8) is 0 Å². The number of hydrogen-bond acceptors (Lipinski definition) is 8. The van der Waals surface area contributed by atoms with Crippen molar-refractivity contribution < 1.29 is 28.2 Å². The fraction of sp³-hybridized carbons (Fsp3) is 0.182. The standard InChI is InChI=1S/C33H25F2N5O4S/c34-24-14-23(26-4-1-5-31(39-26)44-18-32-37-16-29(45-32)20-3-2-9-36-15-20)25(35)11-21(24)13-30-38-27-7-6-19(33(41)42)12-28(27)40(30)17-22-8-10-43-22/h1-7,9,11-12,14-16,22H,8,10,13,17-18H2,(H,41,42)/t22-/m0/s1. The van der Waals surface area contributed by atoms with Gasteiger partial charge in [0.2, 0.25) is 5.88 Å². The minimum Gasteiger partial charge on any atom is -0.478 e. The lowest BCUT2D eigenvalue weighted by Gasteiger charge is -2.27. The lowest BCUT2D eigenvalue weighted by molar-refractivity contribution is -0.0589. The number of thiazole rings is 1. The van der Waals surface area contributed by atoms with Gasteiger partial charge in [-0.2, -0.15) is 0 Å². The lowest BCUT2D eigenvalue weighted by Crippen LogP contribution is -2.31. The lowest BCUT2D eigenvalue weighted by atomic mass is 10.0. The molecule has 0 unspecified atom stereocenters. The van der Waals surface area contributed by atoms with E-state index >= 15 is 8.78 Å². The fourth-order valence-electron chi connectivity index (χ4n) is 5.17. The molecule has 0 spiro atoms. The second-order valence-corrected chi connectivity index (χ2v) is 11.7. The predicted octanol–water partition coefficient (Wildman–Crippen LogP) is 6.55. The number of aromatic carboxylic acids is 1. The molecule has 0 radical (unpaired) electrons. The second kappa shape index (κ2) is 12.1. The maximum absolute atomic E-state index is 15.5. The van der Waals surface area contributed by atoms with E-state index < -0.39 is 17.6 Å². The van der Waals surface area contributed by atoms with Gasteiger partial charge in [0.05, 0.1) is 39.8 Å². The number of imidazole rings is 1. The Hall–Kier alpha value is -5.07. The van der Waals surface area contributed by atoms with E-state index in [-0.39, 0.29) is 47.4 Å². The van der Waals surface area contributed by atoms with Crippen molar-refractivity contribution in [1.82, 2.24) is 24.5 Å². The van der Waals surface area contributed by atoms with Gasteiger partial charge < -0.3 is 19.1 Å². The SMILES string of the molecule is O=C(O)c1ccc2nc(Cc3cc(F)c(-c4cccc(OCc5ncc(-c6cccnc6)s5)n4)cc3F)n(C[C@@H]3CCO3)c2c1. The topological polar surface area (TPSA) is 112 Å². The maximum atomic E-state index is 15.5. The molecule has 0 amide bonds. The highest BCUT2D eigenvalue weighted by Gasteiger charge is 2.24. The van der Waals surface area contributed by atoms with Crippen molar-refractivity contribution in [3.05, 3.63) is 113 Å². The van der Waals surface area contributed by atoms with Crippen LogP contribution in [0.3, 0.4) is 0 Å². The molecule has 0 bridgehead atoms. The van der Waals surface area contributed by atoms with Gasteiger partial charge in [0.1, 0.15) is 29.1 Å². The number of benzene rings is 2. The van der Waals surface area contributed by atoms with Gasteiger partial charge in [-0.1, -0.05) is 12.1 Å². The zero-order valence-corrected chi connectivity index (χ0v) is 24.5. The van der Waals surface area contributed by atoms with Gasteiger partial charge in [0.15, 0.2) is 0 Å². The number of hydrogen-bond donors (Lipinski definition) is 1. The largest absolute Gasteiger partial charge is 0.478 e. The molecule has 0 aliphatic carbocycles. The highest BCUT2D eigenvalue weighted by Crippen LogP contribution is 2.30. The van der Waals surface area contributed by atoms with Crippen molar-refractivity contribution in [3.8, 4) is 27.6 Å². The van der Waals surface area contributed by atoms with Crippen molar-refractivity contribution in [2.45, 2.75) is 32.1 Å². The molecule has 1 fully saturated rings. The molecule has 45 heavy (non-hydrogen) atoms. The molecular weight excluding hydrogens is 600 g/mol. The molecule has 0 saturated carbocycles. The number of aromatic nitrogens is 5. The van der Waals surface area contributed by atoms with Gasteiger partial charge in [-0.15, -0.1) is 11.3 Å². The van der Waals surface area contributed by atoms with E-state index in [1.54, 1.807) is 48.9 Å². The van der Waals surface area contributed by atoms with Gasteiger partial charge in [-0.05, 0) is 54.4 Å². The highest BCUT2D eigenvalue weighted by molar-refractivity contribution is 7.15. The molecule has 1 aliphatic heterocycles. The summed E-state index contributed by atoms with van der Waals surface area (Å²) in [6.45, 7) is 1.24. The van der Waals surface area contributed by atoms with Gasteiger partial charge in [-0.3, -0.25) is 4.98 Å². The summed E-state index contributed by atoms with van der Waals surface area (Å²) in [6, 6.07) is 15.6. The predicted molar refractivity (Wildman–Crippen MR) is 163 cm³/mol. The van der Waals surface area contributed by atoms with Crippen molar-refractivity contribution in [2.75, 3.05) is 6.61 Å². The number of nitrogens with zero attached hydrogens (tertiary/aromatic N) is 5. The van der Waals surface area contributed by atoms with E-state index in [9.17, 15) is 9.90 Å². The quantitative estimate of drug-likeness (QED) is 0.182. The first-order valence-corrected chi connectivity index (χ1v) is 15.0. The summed E-state index contributed by atoms with van der Waals surface area (Å²) in [4.78, 5) is 30.1. The summed E-state index contributed by atoms with van der Waals surface area (Å²) in [6.07, 6.45) is 6.02. The molecule has 4 aromatic heterocycles. The van der Waals surface area contributed by atoms with E-state index in [0.717, 1.165) is 34.0 Å². The minimum absolute atomic E-state index is 0.00172. The molecule has 7 rings (SSSR count). The number of rotatable bonds is 10. The molecule has 1 saturated heterocycles. The average molecular weight is 626 g/mol. The van der Waals surface area contributed by atoms with E-state index in [1.807, 2.05) is 16.7 Å². The van der Waals surface area contributed by atoms with Crippen LogP contribution in [0.25, 0.3) is 32.7 Å². The van der Waals surface area contributed by atoms with E-state index in [1.165, 1.54) is 17.4 Å². The molecule has 6 aromatic rings. The van der Waals surface area contributed by atoms with E-state index in [2.05, 4.69) is 19.9 Å². The molecule has 1 atom stereocenters. The van der Waals surface area contributed by atoms with E-state index in [4.69, 9.17) is 9.47 Å². The first-order chi connectivity index (χ1) is 21.9. The number of halogens is 2. The first kappa shape index (κ1) is 28.7. The molecule has 9 nitrogen and oxygen atoms in total. The summed E-state index contributed by atoms with van der Waals surface area (Å²) in [7, 11) is 0. The summed E-state index contributed by atoms with van der Waals surface area (Å²) >= 11 is 1.47. The van der Waals surface area contributed by atoms with Crippen LogP contribution in [0.4, 0.5) is 8.78 Å². The summed E-state index contributed by atoms with van der Waals surface area (Å²) < 4.78 is 44.3. The Bertz CT molecular complexity index is 2030. The van der Waals surface area contributed by atoms with Crippen LogP contribution in [0.5, 0.6) is 5.88 Å². The van der Waals surface area contributed by atoms with Gasteiger partial charge in [0.25, 0.3) is 0 Å². The number of pyridine rings is 2. The molecule has 2 aromatic carbocycles. The summed E-state index contributed by atoms with van der Waals surface area (Å²) in [5, 5.41) is 10.2. The number of fused-ring (bicyclic) bond motifs is 1. The van der Waals surface area contributed by atoms with Crippen LogP contribution in [0.1, 0.15) is 33.2 Å². The third-order valence-electron chi connectivity index (χ3n) is 7.58. The van der Waals surface area contributed by atoms with Gasteiger partial charge in [0, 0.05) is 48.8 Å². The number of carbonyl (C=O) groups is 1.